The Morgan fingerprint density at radius 3 is 2.60 bits per heavy atom. The molecule has 3 heteroatoms. The smallest absolute Gasteiger partial charge is 0.268 e. The van der Waals surface area contributed by atoms with E-state index in [2.05, 4.69) is 18.2 Å². The van der Waals surface area contributed by atoms with Crippen LogP contribution in [0.15, 0.2) is 35.1 Å². The van der Waals surface area contributed by atoms with Crippen molar-refractivity contribution < 1.29 is 0 Å². The molecule has 0 aliphatic heterocycles. The third-order valence-corrected chi connectivity index (χ3v) is 4.07. The maximum atomic E-state index is 12.0. The van der Waals surface area contributed by atoms with Crippen LogP contribution in [0.2, 0.25) is 0 Å². The van der Waals surface area contributed by atoms with E-state index < -0.39 is 0 Å². The van der Waals surface area contributed by atoms with Crippen molar-refractivity contribution in [1.82, 2.24) is 4.57 Å². The average Bonchev–Trinajstić information content (AvgIpc) is 2.49. The lowest BCUT2D eigenvalue weighted by Crippen LogP contribution is -2.20. The van der Waals surface area contributed by atoms with Crippen LogP contribution in [-0.2, 0) is 19.9 Å². The maximum Gasteiger partial charge on any atom is 0.268 e. The van der Waals surface area contributed by atoms with Gasteiger partial charge in [-0.05, 0) is 60.6 Å². The van der Waals surface area contributed by atoms with E-state index in [0.717, 1.165) is 24.1 Å². The van der Waals surface area contributed by atoms with Crippen molar-refractivity contribution in [2.45, 2.75) is 25.7 Å². The number of nitrogens with zero attached hydrogens (tertiary/aromatic N) is 2. The summed E-state index contributed by atoms with van der Waals surface area (Å²) < 4.78 is 1.56. The fourth-order valence-corrected chi connectivity index (χ4v) is 2.90. The normalized spacial score (nSPS) is 13.6. The Kier molecular flexibility index (Phi) is 3.15. The second-order valence-electron chi connectivity index (χ2n) is 5.30. The van der Waals surface area contributed by atoms with Crippen molar-refractivity contribution in [3.05, 3.63) is 57.4 Å². The number of rotatable bonds is 1. The van der Waals surface area contributed by atoms with Crippen LogP contribution in [0.4, 0.5) is 0 Å². The van der Waals surface area contributed by atoms with Gasteiger partial charge in [0.1, 0.15) is 11.6 Å². The lowest BCUT2D eigenvalue weighted by atomic mass is 9.90. The lowest BCUT2D eigenvalue weighted by Gasteiger charge is -2.17. The van der Waals surface area contributed by atoms with Gasteiger partial charge in [0.15, 0.2) is 0 Å². The van der Waals surface area contributed by atoms with E-state index in [9.17, 15) is 4.79 Å². The van der Waals surface area contributed by atoms with Gasteiger partial charge in [0.25, 0.3) is 5.56 Å². The molecular formula is C17H16N2O. The molecule has 0 spiro atoms. The molecule has 2 aromatic rings. The quantitative estimate of drug-likeness (QED) is 0.795. The van der Waals surface area contributed by atoms with Crippen LogP contribution in [0.5, 0.6) is 0 Å². The minimum atomic E-state index is -0.234. The van der Waals surface area contributed by atoms with Crippen LogP contribution in [0.3, 0.4) is 0 Å². The molecule has 0 bridgehead atoms. The van der Waals surface area contributed by atoms with Gasteiger partial charge in [-0.2, -0.15) is 5.26 Å². The van der Waals surface area contributed by atoms with Crippen LogP contribution in [0.25, 0.3) is 11.3 Å². The molecule has 0 N–H and O–H groups in total. The van der Waals surface area contributed by atoms with Gasteiger partial charge in [0.05, 0.1) is 5.69 Å². The molecule has 0 amide bonds. The van der Waals surface area contributed by atoms with Crippen molar-refractivity contribution in [3.63, 3.8) is 0 Å². The van der Waals surface area contributed by atoms with Crippen molar-refractivity contribution in [1.29, 1.82) is 5.26 Å². The summed E-state index contributed by atoms with van der Waals surface area (Å²) in [5.74, 6) is 0. The lowest BCUT2D eigenvalue weighted by molar-refractivity contribution is 0.685. The van der Waals surface area contributed by atoms with Crippen molar-refractivity contribution in [2.24, 2.45) is 7.05 Å². The molecule has 20 heavy (non-hydrogen) atoms. The zero-order valence-electron chi connectivity index (χ0n) is 11.5. The first-order chi connectivity index (χ1) is 9.70. The highest BCUT2D eigenvalue weighted by molar-refractivity contribution is 5.62. The summed E-state index contributed by atoms with van der Waals surface area (Å²) >= 11 is 0. The van der Waals surface area contributed by atoms with E-state index in [0.29, 0.717) is 0 Å². The first-order valence-electron chi connectivity index (χ1n) is 6.93. The number of benzene rings is 1. The Bertz CT molecular complexity index is 766. The summed E-state index contributed by atoms with van der Waals surface area (Å²) in [6.45, 7) is 0. The molecule has 0 unspecified atom stereocenters. The predicted octanol–water partition coefficient (Wildman–Crippen LogP) is 2.80. The number of fused-ring (bicyclic) bond motifs is 1. The van der Waals surface area contributed by atoms with Crippen LogP contribution < -0.4 is 5.56 Å². The second-order valence-corrected chi connectivity index (χ2v) is 5.30. The first-order valence-corrected chi connectivity index (χ1v) is 6.93. The van der Waals surface area contributed by atoms with E-state index in [1.165, 1.54) is 24.0 Å². The molecule has 3 rings (SSSR count). The van der Waals surface area contributed by atoms with Gasteiger partial charge in [-0.3, -0.25) is 4.79 Å². The average molecular weight is 264 g/mol. The number of hydrogen-bond donors (Lipinski definition) is 0. The Labute approximate surface area is 118 Å². The molecule has 1 aliphatic rings. The standard InChI is InChI=1S/C17H16N2O/c1-19-16(9-8-15(11-18)17(19)20)14-7-6-12-4-2-3-5-13(12)10-14/h6-10H,2-5H2,1H3. The van der Waals surface area contributed by atoms with Crippen molar-refractivity contribution in [3.8, 4) is 17.3 Å². The molecule has 1 heterocycles. The minimum Gasteiger partial charge on any atom is -0.310 e. The largest absolute Gasteiger partial charge is 0.310 e. The number of pyridine rings is 1. The molecule has 0 saturated heterocycles. The maximum absolute atomic E-state index is 12.0. The molecule has 0 fully saturated rings. The third-order valence-electron chi connectivity index (χ3n) is 4.07. The predicted molar refractivity (Wildman–Crippen MR) is 78.5 cm³/mol. The van der Waals surface area contributed by atoms with Gasteiger partial charge in [-0.15, -0.1) is 0 Å². The highest BCUT2D eigenvalue weighted by atomic mass is 16.1. The summed E-state index contributed by atoms with van der Waals surface area (Å²) in [5.41, 5.74) is 4.69. The molecule has 1 aromatic carbocycles. The Morgan fingerprint density at radius 1 is 1.10 bits per heavy atom. The third kappa shape index (κ3) is 2.04. The number of nitriles is 1. The van der Waals surface area contributed by atoms with Gasteiger partial charge < -0.3 is 4.57 Å². The molecular weight excluding hydrogens is 248 g/mol. The molecule has 0 saturated carbocycles. The fourth-order valence-electron chi connectivity index (χ4n) is 2.90. The van der Waals surface area contributed by atoms with Crippen LogP contribution in [0, 0.1) is 11.3 Å². The molecule has 0 atom stereocenters. The van der Waals surface area contributed by atoms with Gasteiger partial charge >= 0.3 is 0 Å². The molecule has 100 valence electrons. The van der Waals surface area contributed by atoms with E-state index >= 15 is 0 Å². The summed E-state index contributed by atoms with van der Waals surface area (Å²) in [6.07, 6.45) is 4.78. The summed E-state index contributed by atoms with van der Waals surface area (Å²) in [6, 6.07) is 11.8. The van der Waals surface area contributed by atoms with Crippen LogP contribution in [0.1, 0.15) is 29.5 Å². The van der Waals surface area contributed by atoms with E-state index in [1.807, 2.05) is 12.1 Å². The first kappa shape index (κ1) is 12.7. The highest BCUT2D eigenvalue weighted by Gasteiger charge is 2.12. The molecule has 0 radical (unpaired) electrons. The minimum absolute atomic E-state index is 0.189. The number of aromatic nitrogens is 1. The van der Waals surface area contributed by atoms with Gasteiger partial charge in [0.2, 0.25) is 0 Å². The van der Waals surface area contributed by atoms with Gasteiger partial charge in [-0.1, -0.05) is 12.1 Å². The zero-order valence-corrected chi connectivity index (χ0v) is 11.5. The SMILES string of the molecule is Cn1c(-c2ccc3c(c2)CCCC3)ccc(C#N)c1=O. The van der Waals surface area contributed by atoms with Crippen LogP contribution >= 0.6 is 0 Å². The Balaban J connectivity index is 2.12. The Morgan fingerprint density at radius 2 is 1.85 bits per heavy atom. The van der Waals surface area contributed by atoms with E-state index in [-0.39, 0.29) is 11.1 Å². The molecule has 1 aliphatic carbocycles. The Hall–Kier alpha value is -2.34. The summed E-state index contributed by atoms with van der Waals surface area (Å²) in [4.78, 5) is 12.0. The summed E-state index contributed by atoms with van der Waals surface area (Å²) in [7, 11) is 1.72. The number of hydrogen-bond acceptors (Lipinski definition) is 2. The molecule has 1 aromatic heterocycles. The fraction of sp³-hybridized carbons (Fsp3) is 0.294. The van der Waals surface area contributed by atoms with Crippen molar-refractivity contribution in [2.75, 3.05) is 0 Å². The summed E-state index contributed by atoms with van der Waals surface area (Å²) in [5, 5.41) is 8.90. The van der Waals surface area contributed by atoms with E-state index in [4.69, 9.17) is 5.26 Å². The van der Waals surface area contributed by atoms with E-state index in [1.54, 1.807) is 17.7 Å². The topological polar surface area (TPSA) is 45.8 Å². The van der Waals surface area contributed by atoms with Gasteiger partial charge in [0, 0.05) is 7.05 Å². The monoisotopic (exact) mass is 264 g/mol. The van der Waals surface area contributed by atoms with Crippen molar-refractivity contribution >= 4 is 0 Å². The number of aryl methyl sites for hydroxylation is 2. The van der Waals surface area contributed by atoms with Crippen LogP contribution in [-0.4, -0.2) is 4.57 Å². The highest BCUT2D eigenvalue weighted by Crippen LogP contribution is 2.26. The van der Waals surface area contributed by atoms with Gasteiger partial charge in [-0.25, -0.2) is 0 Å². The zero-order chi connectivity index (χ0) is 14.1. The second kappa shape index (κ2) is 4.97. The molecule has 3 nitrogen and oxygen atoms in total.